The number of fused-ring (bicyclic) bond motifs is 2. The minimum absolute atomic E-state index is 0. The van der Waals surface area contributed by atoms with E-state index in [0.717, 1.165) is 28.8 Å². The van der Waals surface area contributed by atoms with Gasteiger partial charge in [0.25, 0.3) is 0 Å². The number of anilines is 1. The lowest BCUT2D eigenvalue weighted by Crippen LogP contribution is -2.48. The molecule has 0 aliphatic heterocycles. The highest BCUT2D eigenvalue weighted by atomic mass is 79.9. The maximum absolute atomic E-state index is 12.6. The third kappa shape index (κ3) is 4.01. The van der Waals surface area contributed by atoms with Crippen LogP contribution in [-0.2, 0) is 4.79 Å². The van der Waals surface area contributed by atoms with Gasteiger partial charge < -0.3 is 15.8 Å². The molecule has 2 bridgehead atoms. The fourth-order valence-electron chi connectivity index (χ4n) is 3.99. The highest BCUT2D eigenvalue weighted by Gasteiger charge is 2.40. The monoisotopic (exact) mass is 402 g/mol. The normalized spacial score (nSPS) is 29.3. The van der Waals surface area contributed by atoms with Gasteiger partial charge in [-0.2, -0.15) is 0 Å². The second kappa shape index (κ2) is 7.86. The molecule has 2 atom stereocenters. The van der Waals surface area contributed by atoms with Crippen molar-refractivity contribution >= 4 is 39.9 Å². The standard InChI is InChI=1S/C17H23BrN2O2.ClH/c1-22-15-6-5-13(9-14(15)18)20-17(21)12-7-10-3-2-4-11(8-12)16(10)19;/h5-6,9-12,16H,2-4,7-8,19H2,1H3,(H,20,21);1H. The number of nitrogens with one attached hydrogen (secondary N) is 1. The summed E-state index contributed by atoms with van der Waals surface area (Å²) in [6, 6.07) is 5.90. The molecule has 6 heteroatoms. The topological polar surface area (TPSA) is 64.3 Å². The molecule has 23 heavy (non-hydrogen) atoms. The van der Waals surface area contributed by atoms with E-state index in [9.17, 15) is 4.79 Å². The lowest BCUT2D eigenvalue weighted by atomic mass is 9.65. The van der Waals surface area contributed by atoms with Crippen molar-refractivity contribution in [2.75, 3.05) is 12.4 Å². The summed E-state index contributed by atoms with van der Waals surface area (Å²) in [7, 11) is 1.63. The van der Waals surface area contributed by atoms with Gasteiger partial charge in [0.05, 0.1) is 11.6 Å². The number of rotatable bonds is 3. The predicted octanol–water partition coefficient (Wildman–Crippen LogP) is 3.97. The molecule has 2 aliphatic rings. The van der Waals surface area contributed by atoms with Gasteiger partial charge in [-0.05, 0) is 71.6 Å². The molecule has 3 rings (SSSR count). The van der Waals surface area contributed by atoms with Crippen LogP contribution in [0.3, 0.4) is 0 Å². The van der Waals surface area contributed by atoms with Crippen LogP contribution in [0, 0.1) is 17.8 Å². The fraction of sp³-hybridized carbons (Fsp3) is 0.588. The molecule has 1 aromatic rings. The Balaban J connectivity index is 0.00000192. The Kier molecular flexibility index (Phi) is 6.34. The van der Waals surface area contributed by atoms with Gasteiger partial charge in [-0.1, -0.05) is 6.42 Å². The number of methoxy groups -OCH3 is 1. The first-order chi connectivity index (χ1) is 10.6. The number of nitrogens with two attached hydrogens (primary N) is 1. The van der Waals surface area contributed by atoms with Gasteiger partial charge in [0.15, 0.2) is 0 Å². The van der Waals surface area contributed by atoms with Crippen molar-refractivity contribution in [3.05, 3.63) is 22.7 Å². The average molecular weight is 404 g/mol. The van der Waals surface area contributed by atoms with Crippen molar-refractivity contribution in [2.24, 2.45) is 23.5 Å². The molecule has 0 radical (unpaired) electrons. The molecule has 4 nitrogen and oxygen atoms in total. The van der Waals surface area contributed by atoms with Crippen molar-refractivity contribution in [1.82, 2.24) is 0 Å². The molecule has 128 valence electrons. The quantitative estimate of drug-likeness (QED) is 0.802. The fourth-order valence-corrected chi connectivity index (χ4v) is 4.53. The first-order valence-corrected chi connectivity index (χ1v) is 8.77. The van der Waals surface area contributed by atoms with Gasteiger partial charge >= 0.3 is 0 Å². The van der Waals surface area contributed by atoms with Gasteiger partial charge in [0.1, 0.15) is 5.75 Å². The van der Waals surface area contributed by atoms with E-state index < -0.39 is 0 Å². The SMILES string of the molecule is COc1ccc(NC(=O)C2CC3CCCC(C2)C3N)cc1Br.Cl. The number of carbonyl (C=O) groups is 1. The molecule has 2 unspecified atom stereocenters. The van der Waals surface area contributed by atoms with Crippen molar-refractivity contribution in [1.29, 1.82) is 0 Å². The molecule has 3 N–H and O–H groups in total. The summed E-state index contributed by atoms with van der Waals surface area (Å²) in [6.45, 7) is 0. The van der Waals surface area contributed by atoms with E-state index >= 15 is 0 Å². The van der Waals surface area contributed by atoms with Gasteiger partial charge in [0.2, 0.25) is 5.91 Å². The van der Waals surface area contributed by atoms with Crippen LogP contribution in [0.2, 0.25) is 0 Å². The summed E-state index contributed by atoms with van der Waals surface area (Å²) in [5.74, 6) is 2.02. The minimum Gasteiger partial charge on any atom is -0.496 e. The Labute approximate surface area is 152 Å². The number of hydrogen-bond acceptors (Lipinski definition) is 3. The maximum atomic E-state index is 12.6. The lowest BCUT2D eigenvalue weighted by molar-refractivity contribution is -0.122. The van der Waals surface area contributed by atoms with Gasteiger partial charge in [-0.3, -0.25) is 4.79 Å². The lowest BCUT2D eigenvalue weighted by Gasteiger charge is -2.43. The second-order valence-corrected chi connectivity index (χ2v) is 7.39. The third-order valence-corrected chi connectivity index (χ3v) is 5.82. The van der Waals surface area contributed by atoms with Gasteiger partial charge in [0, 0.05) is 17.6 Å². The molecular weight excluding hydrogens is 380 g/mol. The number of hydrogen-bond donors (Lipinski definition) is 2. The smallest absolute Gasteiger partial charge is 0.227 e. The third-order valence-electron chi connectivity index (χ3n) is 5.20. The average Bonchev–Trinajstić information content (AvgIpc) is 2.47. The van der Waals surface area contributed by atoms with Crippen LogP contribution in [0.15, 0.2) is 22.7 Å². The van der Waals surface area contributed by atoms with E-state index in [0.29, 0.717) is 17.9 Å². The van der Waals surface area contributed by atoms with Crippen LogP contribution in [0.1, 0.15) is 32.1 Å². The Morgan fingerprint density at radius 1 is 1.30 bits per heavy atom. The van der Waals surface area contributed by atoms with E-state index in [2.05, 4.69) is 21.2 Å². The van der Waals surface area contributed by atoms with E-state index in [1.807, 2.05) is 18.2 Å². The highest BCUT2D eigenvalue weighted by Crippen LogP contribution is 2.42. The largest absolute Gasteiger partial charge is 0.496 e. The zero-order valence-corrected chi connectivity index (χ0v) is 15.7. The van der Waals surface area contributed by atoms with Crippen molar-refractivity contribution in [2.45, 2.75) is 38.1 Å². The molecule has 0 spiro atoms. The Morgan fingerprint density at radius 3 is 2.52 bits per heavy atom. The van der Waals surface area contributed by atoms with E-state index in [-0.39, 0.29) is 24.2 Å². The first-order valence-electron chi connectivity index (χ1n) is 7.98. The summed E-state index contributed by atoms with van der Waals surface area (Å²) in [4.78, 5) is 12.6. The van der Waals surface area contributed by atoms with E-state index in [1.165, 1.54) is 19.3 Å². The van der Waals surface area contributed by atoms with Crippen LogP contribution in [0.5, 0.6) is 5.75 Å². The van der Waals surface area contributed by atoms with Gasteiger partial charge in [-0.25, -0.2) is 0 Å². The maximum Gasteiger partial charge on any atom is 0.227 e. The van der Waals surface area contributed by atoms with E-state index in [1.54, 1.807) is 7.11 Å². The molecule has 2 fully saturated rings. The van der Waals surface area contributed by atoms with Crippen LogP contribution in [0.4, 0.5) is 5.69 Å². The summed E-state index contributed by atoms with van der Waals surface area (Å²) in [5, 5.41) is 3.04. The molecule has 2 aliphatic carbocycles. The second-order valence-electron chi connectivity index (χ2n) is 6.54. The Hall–Kier alpha value is -0.780. The van der Waals surface area contributed by atoms with Crippen LogP contribution in [-0.4, -0.2) is 19.1 Å². The zero-order chi connectivity index (χ0) is 15.7. The summed E-state index contributed by atoms with van der Waals surface area (Å²) < 4.78 is 6.05. The first kappa shape index (κ1) is 18.6. The number of carbonyl (C=O) groups excluding carboxylic acids is 1. The number of ether oxygens (including phenoxy) is 1. The molecule has 0 heterocycles. The molecule has 0 saturated heterocycles. The molecule has 1 aromatic carbocycles. The van der Waals surface area contributed by atoms with Crippen LogP contribution in [0.25, 0.3) is 0 Å². The summed E-state index contributed by atoms with van der Waals surface area (Å²) in [6.07, 6.45) is 5.48. The van der Waals surface area contributed by atoms with Crippen molar-refractivity contribution in [3.8, 4) is 5.75 Å². The number of halogens is 2. The number of amides is 1. The highest BCUT2D eigenvalue weighted by molar-refractivity contribution is 9.10. The number of benzene rings is 1. The minimum atomic E-state index is 0. The summed E-state index contributed by atoms with van der Waals surface area (Å²) in [5.41, 5.74) is 7.10. The van der Waals surface area contributed by atoms with Crippen LogP contribution < -0.4 is 15.8 Å². The predicted molar refractivity (Wildman–Crippen MR) is 98.1 cm³/mol. The van der Waals surface area contributed by atoms with Crippen LogP contribution >= 0.6 is 28.3 Å². The van der Waals surface area contributed by atoms with Gasteiger partial charge in [-0.15, -0.1) is 12.4 Å². The Bertz CT molecular complexity index is 556. The Morgan fingerprint density at radius 2 is 1.96 bits per heavy atom. The molecular formula is C17H24BrClN2O2. The summed E-state index contributed by atoms with van der Waals surface area (Å²) >= 11 is 3.45. The molecule has 2 saturated carbocycles. The molecule has 0 aromatic heterocycles. The van der Waals surface area contributed by atoms with Crippen molar-refractivity contribution in [3.63, 3.8) is 0 Å². The molecule has 1 amide bonds. The van der Waals surface area contributed by atoms with E-state index in [4.69, 9.17) is 10.5 Å². The zero-order valence-electron chi connectivity index (χ0n) is 13.3. The van der Waals surface area contributed by atoms with Crippen molar-refractivity contribution < 1.29 is 9.53 Å².